The third kappa shape index (κ3) is 2.99. The molecule has 0 unspecified atom stereocenters. The van der Waals surface area contributed by atoms with Gasteiger partial charge in [-0.25, -0.2) is 9.97 Å². The van der Waals surface area contributed by atoms with Crippen LogP contribution in [-0.4, -0.2) is 9.97 Å². The molecule has 0 aliphatic rings. The van der Waals surface area contributed by atoms with E-state index in [4.69, 9.17) is 0 Å². The van der Waals surface area contributed by atoms with E-state index in [-0.39, 0.29) is 0 Å². The number of hydrogen-bond donors (Lipinski definition) is 1. The van der Waals surface area contributed by atoms with Crippen LogP contribution < -0.4 is 5.32 Å². The summed E-state index contributed by atoms with van der Waals surface area (Å²) in [5.41, 5.74) is 0. The molecule has 2 heterocycles. The highest BCUT2D eigenvalue weighted by Crippen LogP contribution is 2.21. The quantitative estimate of drug-likeness (QED) is 0.939. The molecule has 0 spiro atoms. The fourth-order valence-electron chi connectivity index (χ4n) is 1.08. The van der Waals surface area contributed by atoms with Crippen molar-refractivity contribution in [2.24, 2.45) is 0 Å². The largest absolute Gasteiger partial charge is 0.355 e. The molecular formula is C9H10BrN3S2. The van der Waals surface area contributed by atoms with Crippen LogP contribution in [0, 0.1) is 0 Å². The Labute approximate surface area is 105 Å². The minimum atomic E-state index is 0.755. The van der Waals surface area contributed by atoms with Crippen molar-refractivity contribution in [3.8, 4) is 0 Å². The second-order valence-corrected chi connectivity index (χ2v) is 5.77. The molecule has 0 aliphatic carbocycles. The summed E-state index contributed by atoms with van der Waals surface area (Å²) in [6, 6.07) is 0. The Hall–Kier alpha value is -0.460. The molecule has 3 nitrogen and oxygen atoms in total. The number of hydrogen-bond acceptors (Lipinski definition) is 5. The van der Waals surface area contributed by atoms with E-state index < -0.39 is 0 Å². The number of anilines is 1. The van der Waals surface area contributed by atoms with E-state index in [1.165, 1.54) is 4.88 Å². The zero-order valence-electron chi connectivity index (χ0n) is 8.16. The monoisotopic (exact) mass is 303 g/mol. The number of thiazole rings is 2. The van der Waals surface area contributed by atoms with Gasteiger partial charge >= 0.3 is 0 Å². The van der Waals surface area contributed by atoms with Gasteiger partial charge in [-0.1, -0.05) is 6.92 Å². The first kappa shape index (κ1) is 11.0. The molecule has 0 aromatic carbocycles. The zero-order chi connectivity index (χ0) is 10.7. The maximum absolute atomic E-state index is 4.33. The third-order valence-corrected chi connectivity index (χ3v) is 4.47. The first-order valence-electron chi connectivity index (χ1n) is 4.56. The van der Waals surface area contributed by atoms with Crippen molar-refractivity contribution in [2.75, 3.05) is 5.32 Å². The van der Waals surface area contributed by atoms with E-state index in [9.17, 15) is 0 Å². The Balaban J connectivity index is 1.93. The molecule has 0 radical (unpaired) electrons. The maximum atomic E-state index is 4.33. The van der Waals surface area contributed by atoms with E-state index in [0.717, 1.165) is 27.7 Å². The fraction of sp³-hybridized carbons (Fsp3) is 0.333. The van der Waals surface area contributed by atoms with E-state index in [1.807, 2.05) is 11.6 Å². The van der Waals surface area contributed by atoms with Crippen LogP contribution in [0.1, 0.15) is 16.8 Å². The van der Waals surface area contributed by atoms with Crippen LogP contribution in [0.3, 0.4) is 0 Å². The number of nitrogens with zero attached hydrogens (tertiary/aromatic N) is 2. The molecule has 2 aromatic rings. The van der Waals surface area contributed by atoms with Crippen molar-refractivity contribution in [1.82, 2.24) is 9.97 Å². The van der Waals surface area contributed by atoms with Crippen LogP contribution in [0.4, 0.5) is 5.13 Å². The number of halogens is 1. The molecular weight excluding hydrogens is 294 g/mol. The predicted molar refractivity (Wildman–Crippen MR) is 68.6 cm³/mol. The fourth-order valence-corrected chi connectivity index (χ4v) is 3.03. The highest BCUT2D eigenvalue weighted by molar-refractivity contribution is 9.10. The minimum Gasteiger partial charge on any atom is -0.355 e. The molecule has 0 bridgehead atoms. The standard InChI is InChI=1S/C9H10BrN3S2/c1-2-6-3-11-8(15-6)4-12-9-13-7(10)5-14-9/h3,5H,2,4H2,1H3,(H,12,13). The van der Waals surface area contributed by atoms with Crippen LogP contribution in [0.2, 0.25) is 0 Å². The molecule has 6 heteroatoms. The predicted octanol–water partition coefficient (Wildman–Crippen LogP) is 3.54. The van der Waals surface area contributed by atoms with Crippen molar-refractivity contribution in [3.63, 3.8) is 0 Å². The van der Waals surface area contributed by atoms with Gasteiger partial charge in [0.2, 0.25) is 0 Å². The van der Waals surface area contributed by atoms with Crippen LogP contribution in [0.15, 0.2) is 16.2 Å². The lowest BCUT2D eigenvalue weighted by molar-refractivity contribution is 1.08. The second-order valence-electron chi connectivity index (χ2n) is 2.90. The summed E-state index contributed by atoms with van der Waals surface area (Å²) in [6.45, 7) is 2.90. The summed E-state index contributed by atoms with van der Waals surface area (Å²) in [4.78, 5) is 9.91. The molecule has 15 heavy (non-hydrogen) atoms. The van der Waals surface area contributed by atoms with E-state index in [0.29, 0.717) is 0 Å². The lowest BCUT2D eigenvalue weighted by Gasteiger charge is -1.97. The van der Waals surface area contributed by atoms with Gasteiger partial charge in [-0.05, 0) is 22.4 Å². The Morgan fingerprint density at radius 1 is 1.53 bits per heavy atom. The van der Waals surface area contributed by atoms with Crippen molar-refractivity contribution in [2.45, 2.75) is 19.9 Å². The van der Waals surface area contributed by atoms with Gasteiger partial charge in [-0.15, -0.1) is 22.7 Å². The first-order valence-corrected chi connectivity index (χ1v) is 7.05. The average Bonchev–Trinajstić information content (AvgIpc) is 2.83. The van der Waals surface area contributed by atoms with Gasteiger partial charge in [0.15, 0.2) is 5.13 Å². The molecule has 0 aliphatic heterocycles. The average molecular weight is 304 g/mol. The summed E-state index contributed by atoms with van der Waals surface area (Å²) in [7, 11) is 0. The lowest BCUT2D eigenvalue weighted by Crippen LogP contribution is -1.97. The summed E-state index contributed by atoms with van der Waals surface area (Å²) >= 11 is 6.66. The minimum absolute atomic E-state index is 0.755. The molecule has 2 rings (SSSR count). The van der Waals surface area contributed by atoms with Crippen molar-refractivity contribution in [3.05, 3.63) is 26.1 Å². The topological polar surface area (TPSA) is 37.8 Å². The summed E-state index contributed by atoms with van der Waals surface area (Å²) in [5, 5.41) is 7.24. The second kappa shape index (κ2) is 5.05. The van der Waals surface area contributed by atoms with Gasteiger partial charge in [-0.3, -0.25) is 0 Å². The van der Waals surface area contributed by atoms with E-state index in [1.54, 1.807) is 22.7 Å². The Morgan fingerprint density at radius 2 is 2.40 bits per heavy atom. The normalized spacial score (nSPS) is 10.5. The molecule has 80 valence electrons. The third-order valence-electron chi connectivity index (χ3n) is 1.82. The van der Waals surface area contributed by atoms with Crippen molar-refractivity contribution >= 4 is 43.7 Å². The molecule has 0 saturated heterocycles. The Morgan fingerprint density at radius 3 is 3.00 bits per heavy atom. The van der Waals surface area contributed by atoms with Gasteiger partial charge < -0.3 is 5.32 Å². The van der Waals surface area contributed by atoms with Crippen molar-refractivity contribution in [1.29, 1.82) is 0 Å². The summed E-state index contributed by atoms with van der Waals surface area (Å²) in [5.74, 6) is 0. The zero-order valence-corrected chi connectivity index (χ0v) is 11.4. The number of rotatable bonds is 4. The summed E-state index contributed by atoms with van der Waals surface area (Å²) < 4.78 is 0.878. The molecule has 1 N–H and O–H groups in total. The molecule has 0 atom stereocenters. The molecule has 2 aromatic heterocycles. The Bertz CT molecular complexity index is 438. The van der Waals surface area contributed by atoms with Gasteiger partial charge in [0, 0.05) is 16.5 Å². The van der Waals surface area contributed by atoms with Crippen molar-refractivity contribution < 1.29 is 0 Å². The van der Waals surface area contributed by atoms with Crippen LogP contribution in [0.25, 0.3) is 0 Å². The highest BCUT2D eigenvalue weighted by Gasteiger charge is 2.02. The van der Waals surface area contributed by atoms with Gasteiger partial charge in [0.25, 0.3) is 0 Å². The smallest absolute Gasteiger partial charge is 0.184 e. The SMILES string of the molecule is CCc1cnc(CNc2nc(Br)cs2)s1. The summed E-state index contributed by atoms with van der Waals surface area (Å²) in [6.07, 6.45) is 3.00. The number of aromatic nitrogens is 2. The molecule has 0 fully saturated rings. The Kier molecular flexibility index (Phi) is 3.71. The van der Waals surface area contributed by atoms with Crippen LogP contribution >= 0.6 is 38.6 Å². The van der Waals surface area contributed by atoms with E-state index in [2.05, 4.69) is 38.1 Å². The lowest BCUT2D eigenvalue weighted by atomic mass is 10.4. The van der Waals surface area contributed by atoms with Gasteiger partial charge in [-0.2, -0.15) is 0 Å². The van der Waals surface area contributed by atoms with Crippen LogP contribution in [0.5, 0.6) is 0 Å². The van der Waals surface area contributed by atoms with E-state index >= 15 is 0 Å². The van der Waals surface area contributed by atoms with Crippen LogP contribution in [-0.2, 0) is 13.0 Å². The number of nitrogens with one attached hydrogen (secondary N) is 1. The first-order chi connectivity index (χ1) is 7.28. The molecule has 0 amide bonds. The number of aryl methyl sites for hydroxylation is 1. The van der Waals surface area contributed by atoms with Gasteiger partial charge in [0.1, 0.15) is 9.61 Å². The maximum Gasteiger partial charge on any atom is 0.184 e. The highest BCUT2D eigenvalue weighted by atomic mass is 79.9. The molecule has 0 saturated carbocycles. The van der Waals surface area contributed by atoms with Gasteiger partial charge in [0.05, 0.1) is 6.54 Å².